The van der Waals surface area contributed by atoms with Crippen LogP contribution in [0.25, 0.3) is 0 Å². The molecule has 0 radical (unpaired) electrons. The Kier molecular flexibility index (Phi) is 5.79. The number of aliphatic hydroxyl groups is 1. The quantitative estimate of drug-likeness (QED) is 0.813. The van der Waals surface area contributed by atoms with Crippen molar-refractivity contribution >= 4 is 0 Å². The van der Waals surface area contributed by atoms with Crippen LogP contribution >= 0.6 is 0 Å². The van der Waals surface area contributed by atoms with E-state index in [1.54, 1.807) is 0 Å². The van der Waals surface area contributed by atoms with E-state index in [-0.39, 0.29) is 18.2 Å². The maximum absolute atomic E-state index is 9.39. The predicted molar refractivity (Wildman–Crippen MR) is 76.5 cm³/mol. The molecule has 1 rings (SSSR count). The molecule has 102 valence electrons. The Morgan fingerprint density at radius 3 is 2.39 bits per heavy atom. The number of hydrogen-bond donors (Lipinski definition) is 2. The van der Waals surface area contributed by atoms with Gasteiger partial charge in [-0.2, -0.15) is 0 Å². The second-order valence-corrected chi connectivity index (χ2v) is 5.28. The highest BCUT2D eigenvalue weighted by atomic mass is 16.3. The van der Waals surface area contributed by atoms with Gasteiger partial charge in [-0.25, -0.2) is 0 Å². The first-order chi connectivity index (χ1) is 8.43. The van der Waals surface area contributed by atoms with Gasteiger partial charge in [-0.3, -0.25) is 4.90 Å². The molecule has 3 N–H and O–H groups in total. The highest BCUT2D eigenvalue weighted by molar-refractivity contribution is 5.29. The van der Waals surface area contributed by atoms with Crippen LogP contribution in [-0.4, -0.2) is 35.7 Å². The molecule has 0 fully saturated rings. The molecule has 0 saturated carbocycles. The summed E-state index contributed by atoms with van der Waals surface area (Å²) in [5.41, 5.74) is 8.69. The van der Waals surface area contributed by atoms with E-state index in [0.29, 0.717) is 0 Å². The minimum Gasteiger partial charge on any atom is -0.393 e. The Bertz CT molecular complexity index is 363. The summed E-state index contributed by atoms with van der Waals surface area (Å²) in [7, 11) is 2.07. The van der Waals surface area contributed by atoms with Crippen molar-refractivity contribution in [3.05, 3.63) is 35.4 Å². The van der Waals surface area contributed by atoms with Crippen LogP contribution in [0.2, 0.25) is 0 Å². The fraction of sp³-hybridized carbons (Fsp3) is 0.600. The number of benzene rings is 1. The molecule has 0 aliphatic rings. The summed E-state index contributed by atoms with van der Waals surface area (Å²) in [5, 5.41) is 9.39. The largest absolute Gasteiger partial charge is 0.393 e. The molecule has 0 aliphatic heterocycles. The summed E-state index contributed by atoms with van der Waals surface area (Å²) in [6.07, 6.45) is 0.504. The minimum absolute atomic E-state index is 0.0603. The van der Waals surface area contributed by atoms with Crippen molar-refractivity contribution in [2.24, 2.45) is 5.73 Å². The molecular formula is C15H26N2O. The molecule has 0 bridgehead atoms. The lowest BCUT2D eigenvalue weighted by Crippen LogP contribution is -2.38. The Morgan fingerprint density at radius 2 is 1.89 bits per heavy atom. The smallest absolute Gasteiger partial charge is 0.0524 e. The monoisotopic (exact) mass is 250 g/mol. The maximum atomic E-state index is 9.39. The molecule has 0 amide bonds. The van der Waals surface area contributed by atoms with Crippen LogP contribution in [-0.2, 0) is 0 Å². The van der Waals surface area contributed by atoms with Crippen molar-refractivity contribution < 1.29 is 5.11 Å². The van der Waals surface area contributed by atoms with Gasteiger partial charge < -0.3 is 10.8 Å². The molecule has 3 unspecified atom stereocenters. The maximum Gasteiger partial charge on any atom is 0.0524 e. The van der Waals surface area contributed by atoms with Gasteiger partial charge in [0, 0.05) is 18.6 Å². The second-order valence-electron chi connectivity index (χ2n) is 5.28. The van der Waals surface area contributed by atoms with E-state index < -0.39 is 0 Å². The molecule has 3 nitrogen and oxygen atoms in total. The van der Waals surface area contributed by atoms with Gasteiger partial charge in [0.2, 0.25) is 0 Å². The Balaban J connectivity index is 2.86. The van der Waals surface area contributed by atoms with Crippen LogP contribution in [0.4, 0.5) is 0 Å². The number of rotatable bonds is 6. The summed E-state index contributed by atoms with van der Waals surface area (Å²) in [6.45, 7) is 6.82. The van der Waals surface area contributed by atoms with E-state index in [9.17, 15) is 5.11 Å². The lowest BCUT2D eigenvalue weighted by Gasteiger charge is -2.32. The average Bonchev–Trinajstić information content (AvgIpc) is 2.29. The van der Waals surface area contributed by atoms with E-state index in [4.69, 9.17) is 5.73 Å². The van der Waals surface area contributed by atoms with Crippen LogP contribution in [0, 0.1) is 6.92 Å². The molecule has 3 heteroatoms. The zero-order chi connectivity index (χ0) is 13.7. The van der Waals surface area contributed by atoms with E-state index >= 15 is 0 Å². The van der Waals surface area contributed by atoms with Crippen LogP contribution in [0.5, 0.6) is 0 Å². The molecule has 3 atom stereocenters. The molecule has 0 aromatic heterocycles. The van der Waals surface area contributed by atoms with Gasteiger partial charge in [0.1, 0.15) is 0 Å². The first-order valence-electron chi connectivity index (χ1n) is 6.63. The van der Waals surface area contributed by atoms with E-state index in [1.807, 2.05) is 19.9 Å². The summed E-state index contributed by atoms with van der Waals surface area (Å²) < 4.78 is 0. The van der Waals surface area contributed by atoms with Gasteiger partial charge in [0.15, 0.2) is 0 Å². The van der Waals surface area contributed by atoms with Crippen molar-refractivity contribution in [1.29, 1.82) is 0 Å². The molecule has 18 heavy (non-hydrogen) atoms. The number of nitrogens with zero attached hydrogens (tertiary/aromatic N) is 1. The van der Waals surface area contributed by atoms with Crippen LogP contribution < -0.4 is 5.73 Å². The van der Waals surface area contributed by atoms with Crippen molar-refractivity contribution in [2.45, 2.75) is 45.4 Å². The lowest BCUT2D eigenvalue weighted by molar-refractivity contribution is 0.143. The Labute approximate surface area is 111 Å². The highest BCUT2D eigenvalue weighted by Crippen LogP contribution is 2.25. The van der Waals surface area contributed by atoms with Crippen LogP contribution in [0.3, 0.4) is 0 Å². The van der Waals surface area contributed by atoms with Crippen molar-refractivity contribution in [3.63, 3.8) is 0 Å². The number of likely N-dealkylation sites (N-methyl/N-ethyl adjacent to an activating group) is 1. The Morgan fingerprint density at radius 1 is 1.28 bits per heavy atom. The fourth-order valence-corrected chi connectivity index (χ4v) is 2.37. The third kappa shape index (κ3) is 4.09. The third-order valence-corrected chi connectivity index (χ3v) is 3.38. The number of hydrogen-bond acceptors (Lipinski definition) is 3. The van der Waals surface area contributed by atoms with Crippen LogP contribution in [0.15, 0.2) is 24.3 Å². The normalized spacial score (nSPS) is 16.6. The van der Waals surface area contributed by atoms with Gasteiger partial charge in [-0.1, -0.05) is 24.3 Å². The second kappa shape index (κ2) is 6.88. The van der Waals surface area contributed by atoms with E-state index in [1.165, 1.54) is 11.1 Å². The van der Waals surface area contributed by atoms with Crippen LogP contribution in [0.1, 0.15) is 37.4 Å². The van der Waals surface area contributed by atoms with Crippen molar-refractivity contribution in [3.8, 4) is 0 Å². The van der Waals surface area contributed by atoms with Crippen molar-refractivity contribution in [2.75, 3.05) is 13.6 Å². The fourth-order valence-electron chi connectivity index (χ4n) is 2.37. The average molecular weight is 250 g/mol. The number of nitrogens with two attached hydrogens (primary N) is 1. The molecular weight excluding hydrogens is 224 g/mol. The number of aryl methyl sites for hydroxylation is 1. The minimum atomic E-state index is -0.266. The first kappa shape index (κ1) is 15.2. The molecule has 0 heterocycles. The zero-order valence-electron chi connectivity index (χ0n) is 11.9. The standard InChI is InChI=1S/C15H26N2O/c1-11-7-5-6-8-14(11)15(13(3)16)17(4)10-9-12(2)18/h5-8,12-13,15,18H,9-10,16H2,1-4H3. The highest BCUT2D eigenvalue weighted by Gasteiger charge is 2.22. The summed E-state index contributed by atoms with van der Waals surface area (Å²) in [5.74, 6) is 0. The molecule has 0 aliphatic carbocycles. The van der Waals surface area contributed by atoms with Gasteiger partial charge in [-0.05, 0) is 45.4 Å². The topological polar surface area (TPSA) is 49.5 Å². The molecule has 1 aromatic rings. The molecule has 1 aromatic carbocycles. The lowest BCUT2D eigenvalue weighted by atomic mass is 9.95. The predicted octanol–water partition coefficient (Wildman–Crippen LogP) is 2.09. The Hall–Kier alpha value is -0.900. The van der Waals surface area contributed by atoms with Gasteiger partial charge in [0.05, 0.1) is 6.10 Å². The third-order valence-electron chi connectivity index (χ3n) is 3.38. The van der Waals surface area contributed by atoms with Gasteiger partial charge in [0.25, 0.3) is 0 Å². The van der Waals surface area contributed by atoms with Gasteiger partial charge >= 0.3 is 0 Å². The molecule has 0 saturated heterocycles. The van der Waals surface area contributed by atoms with E-state index in [2.05, 4.69) is 37.1 Å². The molecule has 0 spiro atoms. The summed E-state index contributed by atoms with van der Waals surface area (Å²) in [4.78, 5) is 2.24. The summed E-state index contributed by atoms with van der Waals surface area (Å²) in [6, 6.07) is 8.62. The van der Waals surface area contributed by atoms with Crippen molar-refractivity contribution in [1.82, 2.24) is 4.90 Å². The number of aliphatic hydroxyl groups excluding tert-OH is 1. The zero-order valence-corrected chi connectivity index (χ0v) is 11.9. The summed E-state index contributed by atoms with van der Waals surface area (Å²) >= 11 is 0. The van der Waals surface area contributed by atoms with Gasteiger partial charge in [-0.15, -0.1) is 0 Å². The first-order valence-corrected chi connectivity index (χ1v) is 6.63. The van der Waals surface area contributed by atoms with E-state index in [0.717, 1.165) is 13.0 Å². The SMILES string of the molecule is Cc1ccccc1C(C(C)N)N(C)CCC(C)O.